The van der Waals surface area contributed by atoms with Crippen LogP contribution in [0, 0.1) is 5.41 Å². The Hall–Kier alpha value is -1.83. The Labute approximate surface area is 238 Å². The van der Waals surface area contributed by atoms with Crippen LogP contribution in [0.5, 0.6) is 0 Å². The predicted octanol–water partition coefficient (Wildman–Crippen LogP) is 5.82. The predicted molar refractivity (Wildman–Crippen MR) is 152 cm³/mol. The molecular formula is C29H34Cl3N3O3. The van der Waals surface area contributed by atoms with Gasteiger partial charge in [0.05, 0.1) is 22.2 Å². The van der Waals surface area contributed by atoms with E-state index in [9.17, 15) is 14.7 Å². The van der Waals surface area contributed by atoms with Gasteiger partial charge in [0.2, 0.25) is 11.8 Å². The van der Waals surface area contributed by atoms with Crippen molar-refractivity contribution in [3.05, 3.63) is 62.6 Å². The van der Waals surface area contributed by atoms with Crippen LogP contribution >= 0.6 is 34.8 Å². The summed E-state index contributed by atoms with van der Waals surface area (Å²) in [7, 11) is 0. The van der Waals surface area contributed by atoms with Gasteiger partial charge in [-0.1, -0.05) is 73.8 Å². The molecular weight excluding hydrogens is 545 g/mol. The number of fused-ring (bicyclic) bond motifs is 2. The monoisotopic (exact) mass is 577 g/mol. The van der Waals surface area contributed by atoms with Gasteiger partial charge in [-0.25, -0.2) is 0 Å². The van der Waals surface area contributed by atoms with E-state index < -0.39 is 17.4 Å². The third-order valence-electron chi connectivity index (χ3n) is 8.26. The van der Waals surface area contributed by atoms with E-state index in [-0.39, 0.29) is 35.4 Å². The molecule has 0 bridgehead atoms. The normalized spacial score (nSPS) is 30.8. The minimum Gasteiger partial charge on any atom is -0.393 e. The Morgan fingerprint density at radius 3 is 2.50 bits per heavy atom. The van der Waals surface area contributed by atoms with Gasteiger partial charge < -0.3 is 21.1 Å². The fraction of sp³-hybridized carbons (Fsp3) is 0.517. The van der Waals surface area contributed by atoms with Crippen LogP contribution in [0.4, 0.5) is 5.69 Å². The summed E-state index contributed by atoms with van der Waals surface area (Å²) in [5, 5.41) is 21.0. The number of carbonyl (C=O) groups is 2. The highest BCUT2D eigenvalue weighted by Gasteiger charge is 2.66. The number of amides is 2. The van der Waals surface area contributed by atoms with Gasteiger partial charge in [0.25, 0.3) is 0 Å². The first-order chi connectivity index (χ1) is 17.9. The van der Waals surface area contributed by atoms with E-state index in [1.54, 1.807) is 24.3 Å². The highest BCUT2D eigenvalue weighted by Crippen LogP contribution is 2.57. The topological polar surface area (TPSA) is 90.5 Å². The molecule has 0 aromatic heterocycles. The van der Waals surface area contributed by atoms with E-state index >= 15 is 0 Å². The van der Waals surface area contributed by atoms with Crippen LogP contribution in [0.3, 0.4) is 0 Å². The van der Waals surface area contributed by atoms with E-state index in [1.807, 2.05) is 12.1 Å². The zero-order chi connectivity index (χ0) is 27.4. The zero-order valence-electron chi connectivity index (χ0n) is 21.8. The first-order valence-electron chi connectivity index (χ1n) is 13.2. The number of hydrogen-bond acceptors (Lipinski definition) is 4. The molecule has 2 amide bonds. The van der Waals surface area contributed by atoms with Gasteiger partial charge in [-0.05, 0) is 66.8 Å². The minimum absolute atomic E-state index is 0.0377. The van der Waals surface area contributed by atoms with E-state index in [1.165, 1.54) is 0 Å². The molecule has 0 unspecified atom stereocenters. The molecule has 204 valence electrons. The van der Waals surface area contributed by atoms with Crippen LogP contribution in [0.2, 0.25) is 15.1 Å². The molecule has 2 heterocycles. The second-order valence-corrected chi connectivity index (χ2v) is 13.3. The molecule has 2 aromatic carbocycles. The van der Waals surface area contributed by atoms with E-state index in [2.05, 4.69) is 36.7 Å². The van der Waals surface area contributed by atoms with Crippen LogP contribution in [-0.4, -0.2) is 41.2 Å². The molecule has 1 spiro atoms. The molecule has 1 saturated heterocycles. The summed E-state index contributed by atoms with van der Waals surface area (Å²) < 4.78 is 0. The lowest BCUT2D eigenvalue weighted by Gasteiger charge is -2.38. The number of aliphatic hydroxyl groups is 1. The molecule has 0 radical (unpaired) electrons. The number of rotatable bonds is 4. The fourth-order valence-electron chi connectivity index (χ4n) is 6.66. The van der Waals surface area contributed by atoms with Gasteiger partial charge in [0.1, 0.15) is 5.41 Å². The van der Waals surface area contributed by atoms with Gasteiger partial charge in [-0.15, -0.1) is 0 Å². The maximum absolute atomic E-state index is 14.2. The molecule has 6 nitrogen and oxygen atoms in total. The van der Waals surface area contributed by atoms with Crippen LogP contribution in [0.25, 0.3) is 0 Å². The van der Waals surface area contributed by atoms with E-state index in [0.29, 0.717) is 58.4 Å². The number of benzene rings is 2. The van der Waals surface area contributed by atoms with E-state index in [0.717, 1.165) is 5.56 Å². The largest absolute Gasteiger partial charge is 0.393 e. The average Bonchev–Trinajstić information content (AvgIpc) is 3.31. The van der Waals surface area contributed by atoms with Crippen LogP contribution in [0.1, 0.15) is 69.9 Å². The van der Waals surface area contributed by atoms with Crippen molar-refractivity contribution in [2.75, 3.05) is 5.32 Å². The van der Waals surface area contributed by atoms with Gasteiger partial charge >= 0.3 is 0 Å². The van der Waals surface area contributed by atoms with Gasteiger partial charge in [0.15, 0.2) is 0 Å². The van der Waals surface area contributed by atoms with Crippen molar-refractivity contribution < 1.29 is 14.7 Å². The first kappa shape index (κ1) is 27.7. The fourth-order valence-corrected chi connectivity index (χ4v) is 7.26. The molecule has 2 aliphatic heterocycles. The maximum Gasteiger partial charge on any atom is 0.238 e. The van der Waals surface area contributed by atoms with Crippen molar-refractivity contribution in [3.63, 3.8) is 0 Å². The first-order valence-corrected chi connectivity index (χ1v) is 14.3. The highest BCUT2D eigenvalue weighted by atomic mass is 35.5. The Morgan fingerprint density at radius 1 is 1.11 bits per heavy atom. The van der Waals surface area contributed by atoms with E-state index in [4.69, 9.17) is 34.8 Å². The Kier molecular flexibility index (Phi) is 7.51. The number of hydrogen-bond donors (Lipinski definition) is 4. The van der Waals surface area contributed by atoms with Crippen LogP contribution in [0.15, 0.2) is 36.4 Å². The quantitative estimate of drug-likeness (QED) is 0.368. The minimum atomic E-state index is -1.12. The van der Waals surface area contributed by atoms with Gasteiger partial charge in [0, 0.05) is 28.7 Å². The number of anilines is 1. The third-order valence-corrected chi connectivity index (χ3v) is 9.33. The lowest BCUT2D eigenvalue weighted by Crippen LogP contribution is -2.49. The average molecular weight is 579 g/mol. The Balaban J connectivity index is 1.67. The summed E-state index contributed by atoms with van der Waals surface area (Å²) in [6, 6.07) is 9.67. The molecule has 1 aliphatic carbocycles. The lowest BCUT2D eigenvalue weighted by atomic mass is 9.62. The van der Waals surface area contributed by atoms with Crippen molar-refractivity contribution in [2.45, 2.75) is 88.4 Å². The summed E-state index contributed by atoms with van der Waals surface area (Å²) in [6.45, 7) is 6.38. The second-order valence-electron chi connectivity index (χ2n) is 12.1. The molecule has 4 N–H and O–H groups in total. The second kappa shape index (κ2) is 10.3. The van der Waals surface area contributed by atoms with Crippen molar-refractivity contribution in [3.8, 4) is 0 Å². The Bertz CT molecular complexity index is 1260. The summed E-state index contributed by atoms with van der Waals surface area (Å²) in [5.41, 5.74) is 0.833. The van der Waals surface area contributed by atoms with Gasteiger partial charge in [-0.3, -0.25) is 9.59 Å². The van der Waals surface area contributed by atoms with Crippen molar-refractivity contribution in [2.24, 2.45) is 5.41 Å². The number of aliphatic hydroxyl groups excluding tert-OH is 1. The molecule has 3 aliphatic rings. The van der Waals surface area contributed by atoms with Crippen LogP contribution in [-0.2, 0) is 15.0 Å². The lowest BCUT2D eigenvalue weighted by molar-refractivity contribution is -0.124. The number of nitrogens with one attached hydrogen (secondary N) is 3. The molecule has 1 saturated carbocycles. The summed E-state index contributed by atoms with van der Waals surface area (Å²) in [6.07, 6.45) is 3.03. The van der Waals surface area contributed by atoms with Crippen molar-refractivity contribution in [1.29, 1.82) is 0 Å². The smallest absolute Gasteiger partial charge is 0.238 e. The van der Waals surface area contributed by atoms with Crippen LogP contribution < -0.4 is 16.0 Å². The zero-order valence-corrected chi connectivity index (χ0v) is 24.1. The number of carbonyl (C=O) groups excluding carboxylic acids is 2. The maximum atomic E-state index is 14.2. The molecule has 2 aromatic rings. The van der Waals surface area contributed by atoms with Gasteiger partial charge in [-0.2, -0.15) is 0 Å². The number of halogens is 3. The third kappa shape index (κ3) is 4.84. The highest BCUT2D eigenvalue weighted by molar-refractivity contribution is 6.42. The summed E-state index contributed by atoms with van der Waals surface area (Å²) in [4.78, 5) is 28.2. The summed E-state index contributed by atoms with van der Waals surface area (Å²) in [5.74, 6) is -0.996. The standard InChI is InChI=1S/C29H34Cl3N3O3/c1-28(2,3)14-22-29(19-12-7-15(30)13-21(19)34-27(29)38)23(18-5-4-6-20(31)24(18)32)25(35-22)26(37)33-16-8-10-17(36)11-9-16/h4-7,12-13,16-17,22-23,25,35-36H,8-11,14H2,1-3H3,(H,33,37)(H,34,38)/t16-,17-,22-,23+,25-,29+/m1/s1. The molecule has 5 rings (SSSR count). The summed E-state index contributed by atoms with van der Waals surface area (Å²) >= 11 is 19.6. The van der Waals surface area contributed by atoms with Crippen molar-refractivity contribution >= 4 is 52.3 Å². The molecule has 38 heavy (non-hydrogen) atoms. The SMILES string of the molecule is CC(C)(C)C[C@H]1N[C@@H](C(=O)N[C@H]2CC[C@H](O)CC2)[C@H](c2cccc(Cl)c2Cl)[C@@]12C(=O)Nc1cc(Cl)ccc12. The Morgan fingerprint density at radius 2 is 1.82 bits per heavy atom. The van der Waals surface area contributed by atoms with Crippen molar-refractivity contribution in [1.82, 2.24) is 10.6 Å². The molecule has 4 atom stereocenters. The molecule has 2 fully saturated rings. The molecule has 9 heteroatoms.